The fraction of sp³-hybridized carbons (Fsp3) is 1.00. The van der Waals surface area contributed by atoms with Gasteiger partial charge in [0, 0.05) is 6.54 Å². The summed E-state index contributed by atoms with van der Waals surface area (Å²) < 4.78 is 0. The Bertz CT molecular complexity index is 119. The molecule has 66 valence electrons. The lowest BCUT2D eigenvalue weighted by Crippen LogP contribution is -2.37. The molecular formula is C9H19NO. The summed E-state index contributed by atoms with van der Waals surface area (Å²) in [6.07, 6.45) is 3.58. The van der Waals surface area contributed by atoms with Crippen LogP contribution in [0.5, 0.6) is 0 Å². The molecule has 0 aromatic rings. The van der Waals surface area contributed by atoms with E-state index in [2.05, 4.69) is 5.32 Å². The fourth-order valence-corrected chi connectivity index (χ4v) is 0.993. The molecule has 1 aliphatic rings. The molecule has 1 unspecified atom stereocenters. The summed E-state index contributed by atoms with van der Waals surface area (Å²) in [6.45, 7) is 5.72. The van der Waals surface area contributed by atoms with Crippen molar-refractivity contribution >= 4 is 0 Å². The highest BCUT2D eigenvalue weighted by Gasteiger charge is 2.22. The van der Waals surface area contributed by atoms with E-state index < -0.39 is 5.60 Å². The predicted molar refractivity (Wildman–Crippen MR) is 46.5 cm³/mol. The van der Waals surface area contributed by atoms with Crippen LogP contribution in [0, 0.1) is 5.92 Å². The molecule has 2 heteroatoms. The summed E-state index contributed by atoms with van der Waals surface area (Å²) in [5.74, 6) is 0.905. The lowest BCUT2D eigenvalue weighted by molar-refractivity contribution is 0.0558. The van der Waals surface area contributed by atoms with Gasteiger partial charge in [-0.25, -0.2) is 0 Å². The summed E-state index contributed by atoms with van der Waals surface area (Å²) in [6, 6.07) is 0. The van der Waals surface area contributed by atoms with Gasteiger partial charge in [0.25, 0.3) is 0 Å². The minimum atomic E-state index is -0.505. The maximum Gasteiger partial charge on any atom is 0.0740 e. The largest absolute Gasteiger partial charge is 0.389 e. The van der Waals surface area contributed by atoms with Crippen LogP contribution in [-0.2, 0) is 0 Å². The van der Waals surface area contributed by atoms with Gasteiger partial charge in [0.05, 0.1) is 5.60 Å². The van der Waals surface area contributed by atoms with E-state index in [1.165, 1.54) is 12.8 Å². The molecule has 0 aromatic carbocycles. The highest BCUT2D eigenvalue weighted by Crippen LogP contribution is 2.27. The highest BCUT2D eigenvalue weighted by atomic mass is 16.3. The minimum Gasteiger partial charge on any atom is -0.389 e. The van der Waals surface area contributed by atoms with Gasteiger partial charge in [0.1, 0.15) is 0 Å². The number of rotatable bonds is 5. The Morgan fingerprint density at radius 1 is 1.55 bits per heavy atom. The first-order valence-electron chi connectivity index (χ1n) is 4.57. The monoisotopic (exact) mass is 157 g/mol. The van der Waals surface area contributed by atoms with Crippen LogP contribution < -0.4 is 5.32 Å². The van der Waals surface area contributed by atoms with Crippen molar-refractivity contribution in [3.05, 3.63) is 0 Å². The quantitative estimate of drug-likeness (QED) is 0.627. The van der Waals surface area contributed by atoms with E-state index >= 15 is 0 Å². The summed E-state index contributed by atoms with van der Waals surface area (Å²) in [4.78, 5) is 0. The zero-order valence-electron chi connectivity index (χ0n) is 7.56. The maximum absolute atomic E-state index is 9.59. The van der Waals surface area contributed by atoms with Crippen molar-refractivity contribution in [1.82, 2.24) is 5.32 Å². The van der Waals surface area contributed by atoms with E-state index in [-0.39, 0.29) is 0 Å². The predicted octanol–water partition coefficient (Wildman–Crippen LogP) is 1.15. The summed E-state index contributed by atoms with van der Waals surface area (Å²) in [5.41, 5.74) is -0.505. The van der Waals surface area contributed by atoms with Crippen LogP contribution in [0.15, 0.2) is 0 Å². The molecule has 2 nitrogen and oxygen atoms in total. The van der Waals surface area contributed by atoms with Crippen LogP contribution in [0.2, 0.25) is 0 Å². The van der Waals surface area contributed by atoms with Gasteiger partial charge in [-0.15, -0.1) is 0 Å². The third-order valence-corrected chi connectivity index (χ3v) is 2.40. The molecule has 0 radical (unpaired) electrons. The lowest BCUT2D eigenvalue weighted by atomic mass is 10.0. The van der Waals surface area contributed by atoms with Crippen LogP contribution in [0.3, 0.4) is 0 Å². The topological polar surface area (TPSA) is 32.3 Å². The molecule has 11 heavy (non-hydrogen) atoms. The average molecular weight is 157 g/mol. The Kier molecular flexibility index (Phi) is 2.90. The smallest absolute Gasteiger partial charge is 0.0740 e. The van der Waals surface area contributed by atoms with E-state index in [4.69, 9.17) is 0 Å². The Morgan fingerprint density at radius 3 is 2.64 bits per heavy atom. The number of nitrogens with one attached hydrogen (secondary N) is 1. The molecular weight excluding hydrogens is 138 g/mol. The second-order valence-electron chi connectivity index (χ2n) is 3.92. The number of hydrogen-bond acceptors (Lipinski definition) is 2. The Balaban J connectivity index is 1.99. The van der Waals surface area contributed by atoms with Crippen molar-refractivity contribution in [2.45, 2.75) is 38.7 Å². The van der Waals surface area contributed by atoms with Crippen LogP contribution in [-0.4, -0.2) is 23.8 Å². The Labute approximate surface area is 69.0 Å². The minimum absolute atomic E-state index is 0.505. The van der Waals surface area contributed by atoms with Gasteiger partial charge in [-0.05, 0) is 38.6 Å². The Morgan fingerprint density at radius 2 is 2.18 bits per heavy atom. The fourth-order valence-electron chi connectivity index (χ4n) is 0.993. The lowest BCUT2D eigenvalue weighted by Gasteiger charge is -2.21. The van der Waals surface area contributed by atoms with Crippen LogP contribution in [0.1, 0.15) is 33.1 Å². The Hall–Kier alpha value is -0.0800. The molecule has 1 aliphatic carbocycles. The highest BCUT2D eigenvalue weighted by molar-refractivity contribution is 4.79. The SMILES string of the molecule is CCC(C)(O)CNCC1CC1. The van der Waals surface area contributed by atoms with Crippen LogP contribution in [0.25, 0.3) is 0 Å². The molecule has 1 rings (SSSR count). The zero-order valence-corrected chi connectivity index (χ0v) is 7.56. The van der Waals surface area contributed by atoms with E-state index in [0.29, 0.717) is 0 Å². The van der Waals surface area contributed by atoms with Crippen LogP contribution in [0.4, 0.5) is 0 Å². The van der Waals surface area contributed by atoms with E-state index in [0.717, 1.165) is 25.4 Å². The molecule has 0 aliphatic heterocycles. The van der Waals surface area contributed by atoms with Crippen molar-refractivity contribution in [3.8, 4) is 0 Å². The summed E-state index contributed by atoms with van der Waals surface area (Å²) in [5, 5.41) is 12.9. The molecule has 1 atom stereocenters. The van der Waals surface area contributed by atoms with Gasteiger partial charge >= 0.3 is 0 Å². The molecule has 1 saturated carbocycles. The molecule has 0 spiro atoms. The molecule has 0 saturated heterocycles. The third-order valence-electron chi connectivity index (χ3n) is 2.40. The first-order valence-corrected chi connectivity index (χ1v) is 4.57. The van der Waals surface area contributed by atoms with E-state index in [1.807, 2.05) is 13.8 Å². The maximum atomic E-state index is 9.59. The number of aliphatic hydroxyl groups is 1. The van der Waals surface area contributed by atoms with Crippen molar-refractivity contribution in [1.29, 1.82) is 0 Å². The second kappa shape index (κ2) is 3.55. The van der Waals surface area contributed by atoms with Crippen molar-refractivity contribution in [2.24, 2.45) is 5.92 Å². The van der Waals surface area contributed by atoms with Gasteiger partial charge in [0.2, 0.25) is 0 Å². The first kappa shape index (κ1) is 9.01. The summed E-state index contributed by atoms with van der Waals surface area (Å²) in [7, 11) is 0. The second-order valence-corrected chi connectivity index (χ2v) is 3.92. The molecule has 0 aromatic heterocycles. The average Bonchev–Trinajstić information content (AvgIpc) is 2.71. The van der Waals surface area contributed by atoms with Gasteiger partial charge in [0.15, 0.2) is 0 Å². The van der Waals surface area contributed by atoms with Crippen molar-refractivity contribution < 1.29 is 5.11 Å². The standard InChI is InChI=1S/C9H19NO/c1-3-9(2,11)7-10-6-8-4-5-8/h8,10-11H,3-7H2,1-2H3. The molecule has 0 heterocycles. The van der Waals surface area contributed by atoms with Crippen molar-refractivity contribution in [2.75, 3.05) is 13.1 Å². The molecule has 0 bridgehead atoms. The van der Waals surface area contributed by atoms with Gasteiger partial charge in [-0.1, -0.05) is 6.92 Å². The summed E-state index contributed by atoms with van der Waals surface area (Å²) >= 11 is 0. The number of hydrogen-bond donors (Lipinski definition) is 2. The first-order chi connectivity index (χ1) is 5.14. The zero-order chi connectivity index (χ0) is 8.32. The third kappa shape index (κ3) is 3.73. The molecule has 0 amide bonds. The van der Waals surface area contributed by atoms with E-state index in [1.54, 1.807) is 0 Å². The van der Waals surface area contributed by atoms with Gasteiger partial charge in [-0.2, -0.15) is 0 Å². The van der Waals surface area contributed by atoms with Crippen LogP contribution >= 0.6 is 0 Å². The molecule has 1 fully saturated rings. The van der Waals surface area contributed by atoms with Gasteiger partial charge in [-0.3, -0.25) is 0 Å². The van der Waals surface area contributed by atoms with Crippen molar-refractivity contribution in [3.63, 3.8) is 0 Å². The molecule has 2 N–H and O–H groups in total. The van der Waals surface area contributed by atoms with E-state index in [9.17, 15) is 5.11 Å². The van der Waals surface area contributed by atoms with Gasteiger partial charge < -0.3 is 10.4 Å². The normalized spacial score (nSPS) is 23.2.